The number of hydrogen-bond donors (Lipinski definition) is 1. The highest BCUT2D eigenvalue weighted by Gasteiger charge is 2.25. The topological polar surface area (TPSA) is 60.0 Å². The Hall–Kier alpha value is -1.72. The summed E-state index contributed by atoms with van der Waals surface area (Å²) in [4.78, 5) is 2.41. The molecule has 1 unspecified atom stereocenters. The van der Waals surface area contributed by atoms with E-state index >= 15 is 0 Å². The van der Waals surface area contributed by atoms with E-state index in [1.807, 2.05) is 6.33 Å². The average Bonchev–Trinajstić information content (AvgIpc) is 2.91. The van der Waals surface area contributed by atoms with Crippen molar-refractivity contribution in [3.05, 3.63) is 47.0 Å². The standard InChI is InChI=1S/C15H21N5/c1-11-3-4-12(2)13(7-11)14(8-16)19-5-6-20-10-17-18-15(20)9-19/h3-4,7,10,14H,5-6,8-9,16H2,1-2H3. The van der Waals surface area contributed by atoms with E-state index in [9.17, 15) is 0 Å². The molecule has 106 valence electrons. The summed E-state index contributed by atoms with van der Waals surface area (Å²) in [6.45, 7) is 7.64. The Bertz CT molecular complexity index is 604. The van der Waals surface area contributed by atoms with Crippen LogP contribution in [0.1, 0.15) is 28.6 Å². The fraction of sp³-hybridized carbons (Fsp3) is 0.467. The minimum absolute atomic E-state index is 0.250. The molecule has 1 atom stereocenters. The molecule has 0 aliphatic carbocycles. The molecule has 20 heavy (non-hydrogen) atoms. The molecule has 1 aromatic heterocycles. The van der Waals surface area contributed by atoms with Gasteiger partial charge < -0.3 is 10.3 Å². The van der Waals surface area contributed by atoms with E-state index in [2.05, 4.69) is 51.7 Å². The zero-order valence-corrected chi connectivity index (χ0v) is 12.1. The van der Waals surface area contributed by atoms with E-state index in [1.165, 1.54) is 16.7 Å². The maximum atomic E-state index is 6.07. The van der Waals surface area contributed by atoms with Gasteiger partial charge in [-0.25, -0.2) is 0 Å². The van der Waals surface area contributed by atoms with Gasteiger partial charge in [0.05, 0.1) is 6.54 Å². The van der Waals surface area contributed by atoms with Gasteiger partial charge in [0.15, 0.2) is 0 Å². The molecule has 5 heteroatoms. The molecule has 0 saturated heterocycles. The molecule has 0 spiro atoms. The lowest BCUT2D eigenvalue weighted by atomic mass is 9.97. The summed E-state index contributed by atoms with van der Waals surface area (Å²) in [5, 5.41) is 8.17. The number of benzene rings is 1. The average molecular weight is 271 g/mol. The summed E-state index contributed by atoms with van der Waals surface area (Å²) < 4.78 is 2.12. The first-order chi connectivity index (χ1) is 9.69. The molecule has 5 nitrogen and oxygen atoms in total. The molecule has 3 rings (SSSR count). The Kier molecular flexibility index (Phi) is 3.54. The number of aromatic nitrogens is 3. The van der Waals surface area contributed by atoms with Crippen LogP contribution in [-0.4, -0.2) is 32.8 Å². The molecular formula is C15H21N5. The molecule has 1 aliphatic rings. The molecular weight excluding hydrogens is 250 g/mol. The van der Waals surface area contributed by atoms with Crippen LogP contribution in [0.4, 0.5) is 0 Å². The first-order valence-electron chi connectivity index (χ1n) is 7.07. The number of rotatable bonds is 3. The van der Waals surface area contributed by atoms with Crippen LogP contribution in [0, 0.1) is 13.8 Å². The number of aryl methyl sites for hydroxylation is 2. The smallest absolute Gasteiger partial charge is 0.147 e. The molecule has 0 fully saturated rings. The van der Waals surface area contributed by atoms with E-state index in [-0.39, 0.29) is 6.04 Å². The Morgan fingerprint density at radius 2 is 2.15 bits per heavy atom. The molecule has 0 radical (unpaired) electrons. The van der Waals surface area contributed by atoms with E-state index in [0.29, 0.717) is 6.54 Å². The third kappa shape index (κ3) is 2.34. The largest absolute Gasteiger partial charge is 0.329 e. The number of hydrogen-bond acceptors (Lipinski definition) is 4. The first kappa shape index (κ1) is 13.3. The van der Waals surface area contributed by atoms with E-state index < -0.39 is 0 Å². The molecule has 2 aromatic rings. The van der Waals surface area contributed by atoms with Crippen LogP contribution in [0.2, 0.25) is 0 Å². The summed E-state index contributed by atoms with van der Waals surface area (Å²) in [7, 11) is 0. The van der Waals surface area contributed by atoms with Crippen molar-refractivity contribution in [1.29, 1.82) is 0 Å². The predicted molar refractivity (Wildman–Crippen MR) is 78.1 cm³/mol. The normalized spacial score (nSPS) is 16.9. The van der Waals surface area contributed by atoms with Crippen LogP contribution in [0.5, 0.6) is 0 Å². The Labute approximate surface area is 119 Å². The Balaban J connectivity index is 1.89. The SMILES string of the molecule is Cc1ccc(C)c(C(CN)N2CCn3cnnc3C2)c1. The summed E-state index contributed by atoms with van der Waals surface area (Å²) >= 11 is 0. The van der Waals surface area contributed by atoms with Crippen LogP contribution < -0.4 is 5.73 Å². The van der Waals surface area contributed by atoms with Crippen LogP contribution >= 0.6 is 0 Å². The second-order valence-corrected chi connectivity index (χ2v) is 5.52. The Morgan fingerprint density at radius 1 is 1.30 bits per heavy atom. The minimum atomic E-state index is 0.250. The second kappa shape index (κ2) is 5.34. The van der Waals surface area contributed by atoms with Crippen molar-refractivity contribution in [1.82, 2.24) is 19.7 Å². The zero-order chi connectivity index (χ0) is 14.1. The molecule has 1 aromatic carbocycles. The van der Waals surface area contributed by atoms with Crippen molar-refractivity contribution < 1.29 is 0 Å². The van der Waals surface area contributed by atoms with Crippen LogP contribution in [0.25, 0.3) is 0 Å². The number of nitrogens with zero attached hydrogens (tertiary/aromatic N) is 4. The highest BCUT2D eigenvalue weighted by Crippen LogP contribution is 2.27. The van der Waals surface area contributed by atoms with Crippen molar-refractivity contribution in [2.24, 2.45) is 5.73 Å². The van der Waals surface area contributed by atoms with Gasteiger partial charge >= 0.3 is 0 Å². The zero-order valence-electron chi connectivity index (χ0n) is 12.1. The van der Waals surface area contributed by atoms with Gasteiger partial charge in [0, 0.05) is 25.7 Å². The van der Waals surface area contributed by atoms with Crippen molar-refractivity contribution >= 4 is 0 Å². The Morgan fingerprint density at radius 3 is 2.95 bits per heavy atom. The first-order valence-corrected chi connectivity index (χ1v) is 7.07. The second-order valence-electron chi connectivity index (χ2n) is 5.52. The monoisotopic (exact) mass is 271 g/mol. The van der Waals surface area contributed by atoms with Gasteiger partial charge in [0.2, 0.25) is 0 Å². The van der Waals surface area contributed by atoms with Crippen molar-refractivity contribution in [2.75, 3.05) is 13.1 Å². The van der Waals surface area contributed by atoms with E-state index in [4.69, 9.17) is 5.73 Å². The quantitative estimate of drug-likeness (QED) is 0.917. The van der Waals surface area contributed by atoms with Gasteiger partial charge in [-0.05, 0) is 25.0 Å². The number of fused-ring (bicyclic) bond motifs is 1. The van der Waals surface area contributed by atoms with E-state index in [1.54, 1.807) is 0 Å². The van der Waals surface area contributed by atoms with Gasteiger partial charge in [0.25, 0.3) is 0 Å². The lowest BCUT2D eigenvalue weighted by molar-refractivity contribution is 0.156. The molecule has 1 aliphatic heterocycles. The fourth-order valence-electron chi connectivity index (χ4n) is 2.94. The van der Waals surface area contributed by atoms with Gasteiger partial charge in [-0.1, -0.05) is 23.8 Å². The molecule has 0 bridgehead atoms. The summed E-state index contributed by atoms with van der Waals surface area (Å²) in [5.41, 5.74) is 9.98. The third-order valence-electron chi connectivity index (χ3n) is 4.13. The van der Waals surface area contributed by atoms with Gasteiger partial charge in [0.1, 0.15) is 12.2 Å². The molecule has 0 amide bonds. The minimum Gasteiger partial charge on any atom is -0.329 e. The molecule has 0 saturated carbocycles. The highest BCUT2D eigenvalue weighted by atomic mass is 15.3. The van der Waals surface area contributed by atoms with Crippen molar-refractivity contribution in [3.8, 4) is 0 Å². The lowest BCUT2D eigenvalue weighted by Crippen LogP contribution is -2.40. The van der Waals surface area contributed by atoms with Crippen LogP contribution in [0.15, 0.2) is 24.5 Å². The summed E-state index contributed by atoms with van der Waals surface area (Å²) in [6.07, 6.45) is 1.81. The molecule has 2 N–H and O–H groups in total. The number of nitrogens with two attached hydrogens (primary N) is 1. The fourth-order valence-corrected chi connectivity index (χ4v) is 2.94. The van der Waals surface area contributed by atoms with Gasteiger partial charge in [-0.15, -0.1) is 10.2 Å². The third-order valence-corrected chi connectivity index (χ3v) is 4.13. The summed E-state index contributed by atoms with van der Waals surface area (Å²) in [5.74, 6) is 1.03. The predicted octanol–water partition coefficient (Wildman–Crippen LogP) is 1.41. The molecule has 2 heterocycles. The van der Waals surface area contributed by atoms with Crippen molar-refractivity contribution in [2.45, 2.75) is 33.0 Å². The van der Waals surface area contributed by atoms with Crippen molar-refractivity contribution in [3.63, 3.8) is 0 Å². The van der Waals surface area contributed by atoms with Crippen LogP contribution in [0.3, 0.4) is 0 Å². The van der Waals surface area contributed by atoms with Crippen LogP contribution in [-0.2, 0) is 13.1 Å². The van der Waals surface area contributed by atoms with E-state index in [0.717, 1.165) is 25.5 Å². The highest BCUT2D eigenvalue weighted by molar-refractivity contribution is 5.33. The van der Waals surface area contributed by atoms with Gasteiger partial charge in [-0.2, -0.15) is 0 Å². The maximum absolute atomic E-state index is 6.07. The maximum Gasteiger partial charge on any atom is 0.147 e. The summed E-state index contributed by atoms with van der Waals surface area (Å²) in [6, 6.07) is 6.84. The van der Waals surface area contributed by atoms with Gasteiger partial charge in [-0.3, -0.25) is 4.90 Å². The lowest BCUT2D eigenvalue weighted by Gasteiger charge is -2.34.